The highest BCUT2D eigenvalue weighted by atomic mass is 32.2. The number of hydrogen-bond donors (Lipinski definition) is 1. The lowest BCUT2D eigenvalue weighted by molar-refractivity contribution is -0.115. The molecular formula is C19H13N3O2S2. The quantitative estimate of drug-likeness (QED) is 0.689. The third-order valence-electron chi connectivity index (χ3n) is 4.14. The minimum absolute atomic E-state index is 0.0879. The lowest BCUT2D eigenvalue weighted by Gasteiger charge is -2.21. The van der Waals surface area contributed by atoms with E-state index >= 15 is 0 Å². The monoisotopic (exact) mass is 379 g/mol. The van der Waals surface area contributed by atoms with E-state index in [1.54, 1.807) is 12.1 Å². The van der Waals surface area contributed by atoms with Gasteiger partial charge in [-0.2, -0.15) is 5.26 Å². The first-order valence-corrected chi connectivity index (χ1v) is 9.67. The Morgan fingerprint density at radius 1 is 1.31 bits per heavy atom. The number of para-hydroxylation sites is 1. The predicted octanol–water partition coefficient (Wildman–Crippen LogP) is 4.22. The van der Waals surface area contributed by atoms with Crippen molar-refractivity contribution in [2.45, 2.75) is 23.0 Å². The van der Waals surface area contributed by atoms with Gasteiger partial charge in [-0.05, 0) is 31.2 Å². The second-order valence-corrected chi connectivity index (χ2v) is 8.35. The first kappa shape index (κ1) is 16.8. The van der Waals surface area contributed by atoms with Gasteiger partial charge in [0.05, 0.1) is 27.2 Å². The number of ketones is 1. The highest BCUT2D eigenvalue weighted by molar-refractivity contribution is 8.00. The van der Waals surface area contributed by atoms with Gasteiger partial charge in [-0.3, -0.25) is 9.59 Å². The Labute approximate surface area is 158 Å². The van der Waals surface area contributed by atoms with Gasteiger partial charge in [0.2, 0.25) is 5.91 Å². The molecule has 0 saturated carbocycles. The number of rotatable bonds is 3. The number of nitriles is 1. The van der Waals surface area contributed by atoms with Crippen LogP contribution in [0.1, 0.15) is 28.2 Å². The van der Waals surface area contributed by atoms with Crippen molar-refractivity contribution >= 4 is 50.7 Å². The normalized spacial score (nSPS) is 17.2. The number of thioether (sulfide) groups is 1. The molecule has 4 rings (SSSR count). The van der Waals surface area contributed by atoms with E-state index in [-0.39, 0.29) is 16.9 Å². The summed E-state index contributed by atoms with van der Waals surface area (Å²) in [5.41, 5.74) is 1.79. The molecule has 2 aromatic carbocycles. The van der Waals surface area contributed by atoms with Gasteiger partial charge in [-0.15, -0.1) is 23.1 Å². The summed E-state index contributed by atoms with van der Waals surface area (Å²) in [6.07, 6.45) is 0. The number of carbonyl (C=O) groups is 2. The summed E-state index contributed by atoms with van der Waals surface area (Å²) in [4.78, 5) is 30.1. The molecule has 0 bridgehead atoms. The Hall–Kier alpha value is -2.69. The number of nitrogens with one attached hydrogen (secondary N) is 1. The van der Waals surface area contributed by atoms with Crippen LogP contribution in [0.2, 0.25) is 0 Å². The number of benzene rings is 2. The van der Waals surface area contributed by atoms with Gasteiger partial charge in [0.1, 0.15) is 5.01 Å². The summed E-state index contributed by atoms with van der Waals surface area (Å²) in [6, 6.07) is 14.8. The third kappa shape index (κ3) is 2.87. The average Bonchev–Trinajstić information content (AvgIpc) is 3.06. The van der Waals surface area contributed by atoms with E-state index in [4.69, 9.17) is 0 Å². The van der Waals surface area contributed by atoms with Crippen LogP contribution in [0, 0.1) is 11.3 Å². The van der Waals surface area contributed by atoms with E-state index in [2.05, 4.69) is 16.4 Å². The highest BCUT2D eigenvalue weighted by Gasteiger charge is 2.28. The molecule has 0 saturated heterocycles. The first-order valence-electron chi connectivity index (χ1n) is 7.97. The number of anilines is 1. The van der Waals surface area contributed by atoms with E-state index < -0.39 is 5.92 Å². The van der Waals surface area contributed by atoms with Crippen LogP contribution in [-0.2, 0) is 4.79 Å². The second kappa shape index (κ2) is 6.56. The molecule has 128 valence electrons. The molecular weight excluding hydrogens is 366 g/mol. The minimum Gasteiger partial charge on any atom is -0.324 e. The van der Waals surface area contributed by atoms with Gasteiger partial charge in [0, 0.05) is 10.5 Å². The molecule has 3 aromatic rings. The Kier molecular flexibility index (Phi) is 4.23. The van der Waals surface area contributed by atoms with Crippen molar-refractivity contribution in [2.24, 2.45) is 0 Å². The van der Waals surface area contributed by atoms with Gasteiger partial charge in [-0.25, -0.2) is 4.98 Å². The molecule has 0 aliphatic carbocycles. The van der Waals surface area contributed by atoms with Gasteiger partial charge in [0.25, 0.3) is 0 Å². The molecule has 0 fully saturated rings. The molecule has 1 aromatic heterocycles. The maximum atomic E-state index is 12.9. The van der Waals surface area contributed by atoms with E-state index in [1.165, 1.54) is 23.1 Å². The van der Waals surface area contributed by atoms with Crippen molar-refractivity contribution in [3.05, 3.63) is 53.0 Å². The molecule has 7 heteroatoms. The summed E-state index contributed by atoms with van der Waals surface area (Å²) in [7, 11) is 0. The van der Waals surface area contributed by atoms with Crippen LogP contribution in [0.5, 0.6) is 0 Å². The molecule has 1 aliphatic rings. The topological polar surface area (TPSA) is 82.8 Å². The zero-order valence-electron chi connectivity index (χ0n) is 13.7. The van der Waals surface area contributed by atoms with Crippen molar-refractivity contribution in [2.75, 3.05) is 5.32 Å². The van der Waals surface area contributed by atoms with Crippen LogP contribution in [0.4, 0.5) is 5.69 Å². The Morgan fingerprint density at radius 3 is 2.88 bits per heavy atom. The van der Waals surface area contributed by atoms with Crippen molar-refractivity contribution in [1.82, 2.24) is 4.98 Å². The fraction of sp³-hybridized carbons (Fsp3) is 0.158. The van der Waals surface area contributed by atoms with E-state index in [9.17, 15) is 14.9 Å². The molecule has 2 atom stereocenters. The summed E-state index contributed by atoms with van der Waals surface area (Å²) in [5.74, 6) is -1.36. The molecule has 5 nitrogen and oxygen atoms in total. The molecule has 26 heavy (non-hydrogen) atoms. The van der Waals surface area contributed by atoms with Crippen LogP contribution in [0.3, 0.4) is 0 Å². The summed E-state index contributed by atoms with van der Waals surface area (Å²) in [5, 5.41) is 12.7. The molecule has 0 radical (unpaired) electrons. The van der Waals surface area contributed by atoms with E-state index in [1.807, 2.05) is 37.3 Å². The van der Waals surface area contributed by atoms with Gasteiger partial charge in [0.15, 0.2) is 11.7 Å². The first-order chi connectivity index (χ1) is 12.6. The molecule has 2 unspecified atom stereocenters. The zero-order chi connectivity index (χ0) is 18.3. The number of Topliss-reactive ketones (excluding diaryl/α,β-unsaturated/α-hetero) is 1. The fourth-order valence-corrected chi connectivity index (χ4v) is 4.71. The minimum atomic E-state index is -0.962. The number of amides is 1. The molecule has 1 aliphatic heterocycles. The summed E-state index contributed by atoms with van der Waals surface area (Å²) >= 11 is 2.81. The van der Waals surface area contributed by atoms with Gasteiger partial charge >= 0.3 is 0 Å². The van der Waals surface area contributed by atoms with Crippen molar-refractivity contribution < 1.29 is 9.59 Å². The van der Waals surface area contributed by atoms with Gasteiger partial charge < -0.3 is 5.32 Å². The Bertz CT molecular complexity index is 1050. The smallest absolute Gasteiger partial charge is 0.237 e. The van der Waals surface area contributed by atoms with Crippen molar-refractivity contribution in [3.8, 4) is 6.07 Å². The number of nitrogens with zero attached hydrogens (tertiary/aromatic N) is 2. The zero-order valence-corrected chi connectivity index (χ0v) is 15.4. The lowest BCUT2D eigenvalue weighted by atomic mass is 9.99. The van der Waals surface area contributed by atoms with E-state index in [0.29, 0.717) is 16.3 Å². The standard InChI is InChI=1S/C19H13N3O2S2/c1-10-18(24)21-14-8-11(6-7-16(14)25-10)17(23)12(9-20)19-22-13-4-2-3-5-15(13)26-19/h2-8,10,12H,1H3,(H,21,24). The molecule has 2 heterocycles. The lowest BCUT2D eigenvalue weighted by Crippen LogP contribution is -2.26. The number of fused-ring (bicyclic) bond motifs is 2. The second-order valence-electron chi connectivity index (χ2n) is 5.91. The van der Waals surface area contributed by atoms with Crippen LogP contribution in [0.25, 0.3) is 10.2 Å². The number of hydrogen-bond acceptors (Lipinski definition) is 6. The summed E-state index contributed by atoms with van der Waals surface area (Å²) in [6.45, 7) is 1.83. The fourth-order valence-electron chi connectivity index (χ4n) is 2.77. The van der Waals surface area contributed by atoms with Crippen molar-refractivity contribution in [1.29, 1.82) is 5.26 Å². The number of aromatic nitrogens is 1. The molecule has 1 amide bonds. The van der Waals surface area contributed by atoms with Gasteiger partial charge in [-0.1, -0.05) is 18.2 Å². The molecule has 0 spiro atoms. The average molecular weight is 379 g/mol. The van der Waals surface area contributed by atoms with Crippen LogP contribution >= 0.6 is 23.1 Å². The van der Waals surface area contributed by atoms with Crippen molar-refractivity contribution in [3.63, 3.8) is 0 Å². The predicted molar refractivity (Wildman–Crippen MR) is 103 cm³/mol. The number of carbonyl (C=O) groups excluding carboxylic acids is 2. The molecule has 1 N–H and O–H groups in total. The maximum Gasteiger partial charge on any atom is 0.237 e. The van der Waals surface area contributed by atoms with E-state index in [0.717, 1.165) is 15.1 Å². The number of thiazole rings is 1. The van der Waals surface area contributed by atoms with Crippen LogP contribution in [-0.4, -0.2) is 21.9 Å². The third-order valence-corrected chi connectivity index (χ3v) is 6.42. The Balaban J connectivity index is 1.69. The van der Waals surface area contributed by atoms with Crippen LogP contribution in [0.15, 0.2) is 47.4 Å². The van der Waals surface area contributed by atoms with Crippen LogP contribution < -0.4 is 5.32 Å². The largest absolute Gasteiger partial charge is 0.324 e. The summed E-state index contributed by atoms with van der Waals surface area (Å²) < 4.78 is 0.943. The highest BCUT2D eigenvalue weighted by Crippen LogP contribution is 2.37. The SMILES string of the molecule is CC1Sc2ccc(C(=O)C(C#N)c3nc4ccccc4s3)cc2NC1=O. The maximum absolute atomic E-state index is 12.9. The Morgan fingerprint density at radius 2 is 2.12 bits per heavy atom.